The van der Waals surface area contributed by atoms with Crippen LogP contribution in [-0.4, -0.2) is 21.3 Å². The van der Waals surface area contributed by atoms with Crippen LogP contribution in [0.2, 0.25) is 0 Å². The summed E-state index contributed by atoms with van der Waals surface area (Å²) in [7, 11) is 0. The van der Waals surface area contributed by atoms with E-state index in [1.54, 1.807) is 11.8 Å². The van der Waals surface area contributed by atoms with Gasteiger partial charge in [-0.2, -0.15) is 0 Å². The van der Waals surface area contributed by atoms with Gasteiger partial charge < -0.3 is 10.9 Å². The average molecular weight is 253 g/mol. The first-order valence-electron chi connectivity index (χ1n) is 5.62. The summed E-state index contributed by atoms with van der Waals surface area (Å²) >= 11 is 1.73. The number of amidine groups is 1. The molecule has 1 unspecified atom stereocenters. The van der Waals surface area contributed by atoms with E-state index in [4.69, 9.17) is 10.9 Å². The number of hydrogen-bond acceptors (Lipinski definition) is 4. The number of aromatic nitrogens is 1. The summed E-state index contributed by atoms with van der Waals surface area (Å²) in [4.78, 5) is 5.38. The second kappa shape index (κ2) is 5.91. The van der Waals surface area contributed by atoms with Crippen LogP contribution >= 0.6 is 11.8 Å². The van der Waals surface area contributed by atoms with E-state index in [0.29, 0.717) is 5.25 Å². The Kier molecular flexibility index (Phi) is 4.81. The van der Waals surface area contributed by atoms with Gasteiger partial charge in [0.1, 0.15) is 0 Å². The monoisotopic (exact) mass is 253 g/mol. The van der Waals surface area contributed by atoms with Gasteiger partial charge in [-0.25, -0.2) is 0 Å². The minimum Gasteiger partial charge on any atom is -0.409 e. The van der Waals surface area contributed by atoms with Crippen molar-refractivity contribution in [2.24, 2.45) is 10.9 Å². The predicted octanol–water partition coefficient (Wildman–Crippen LogP) is 2.68. The van der Waals surface area contributed by atoms with Crippen LogP contribution in [0, 0.1) is 13.8 Å². The molecule has 0 aliphatic carbocycles. The third-order valence-corrected chi connectivity index (χ3v) is 3.87. The molecule has 0 saturated heterocycles. The highest BCUT2D eigenvalue weighted by atomic mass is 32.2. The maximum atomic E-state index is 8.82. The molecule has 1 atom stereocenters. The molecule has 0 fully saturated rings. The maximum Gasteiger partial charge on any atom is 0.173 e. The van der Waals surface area contributed by atoms with Gasteiger partial charge in [-0.1, -0.05) is 19.0 Å². The van der Waals surface area contributed by atoms with E-state index in [1.165, 1.54) is 0 Å². The minimum atomic E-state index is 0.126. The lowest BCUT2D eigenvalue weighted by molar-refractivity contribution is 0.318. The van der Waals surface area contributed by atoms with Gasteiger partial charge in [0.05, 0.1) is 5.56 Å². The smallest absolute Gasteiger partial charge is 0.173 e. The second-order valence-corrected chi connectivity index (χ2v) is 5.52. The molecule has 0 spiro atoms. The highest BCUT2D eigenvalue weighted by Gasteiger charge is 2.15. The fourth-order valence-corrected chi connectivity index (χ4v) is 2.76. The van der Waals surface area contributed by atoms with Gasteiger partial charge in [-0.15, -0.1) is 11.8 Å². The third kappa shape index (κ3) is 3.36. The highest BCUT2D eigenvalue weighted by Crippen LogP contribution is 2.30. The Morgan fingerprint density at radius 3 is 2.76 bits per heavy atom. The number of pyridine rings is 1. The van der Waals surface area contributed by atoms with Crippen molar-refractivity contribution in [1.82, 2.24) is 4.98 Å². The first-order valence-corrected chi connectivity index (χ1v) is 6.50. The molecule has 0 aliphatic heterocycles. The van der Waals surface area contributed by atoms with E-state index >= 15 is 0 Å². The Labute approximate surface area is 106 Å². The van der Waals surface area contributed by atoms with Crippen LogP contribution in [0.4, 0.5) is 0 Å². The summed E-state index contributed by atoms with van der Waals surface area (Å²) in [5, 5.41) is 12.4. The summed E-state index contributed by atoms with van der Waals surface area (Å²) in [5.74, 6) is 0.126. The summed E-state index contributed by atoms with van der Waals surface area (Å²) in [6.45, 7) is 8.12. The van der Waals surface area contributed by atoms with E-state index in [1.807, 2.05) is 19.9 Å². The number of hydrogen-bond donors (Lipinski definition) is 2. The standard InChI is InChI=1S/C12H19N3OS/c1-5-8(3)17-10-6-7(2)14-9(4)11(10)12(13)15-16/h6,8,16H,5H2,1-4H3,(H2,13,15). The van der Waals surface area contributed by atoms with E-state index in [2.05, 4.69) is 24.0 Å². The van der Waals surface area contributed by atoms with E-state index in [9.17, 15) is 0 Å². The molecule has 0 bridgehead atoms. The molecule has 17 heavy (non-hydrogen) atoms. The van der Waals surface area contributed by atoms with Crippen LogP contribution in [0.1, 0.15) is 37.2 Å². The average Bonchev–Trinajstić information content (AvgIpc) is 2.27. The molecule has 1 aromatic heterocycles. The summed E-state index contributed by atoms with van der Waals surface area (Å²) in [6.07, 6.45) is 1.07. The molecule has 4 nitrogen and oxygen atoms in total. The SMILES string of the molecule is CCC(C)Sc1cc(C)nc(C)c1/C(N)=N/O. The molecule has 0 amide bonds. The van der Waals surface area contributed by atoms with Crippen molar-refractivity contribution in [3.63, 3.8) is 0 Å². The molecule has 94 valence electrons. The van der Waals surface area contributed by atoms with Gasteiger partial charge in [-0.05, 0) is 26.3 Å². The zero-order valence-corrected chi connectivity index (χ0v) is 11.5. The lowest BCUT2D eigenvalue weighted by atomic mass is 10.1. The molecule has 1 rings (SSSR count). The molecule has 0 saturated carbocycles. The van der Waals surface area contributed by atoms with Gasteiger partial charge >= 0.3 is 0 Å². The highest BCUT2D eigenvalue weighted by molar-refractivity contribution is 8.00. The Morgan fingerprint density at radius 1 is 1.59 bits per heavy atom. The molecule has 0 radical (unpaired) electrons. The zero-order valence-electron chi connectivity index (χ0n) is 10.7. The van der Waals surface area contributed by atoms with Crippen LogP contribution < -0.4 is 5.73 Å². The van der Waals surface area contributed by atoms with Gasteiger partial charge in [0, 0.05) is 21.5 Å². The maximum absolute atomic E-state index is 8.82. The minimum absolute atomic E-state index is 0.126. The number of aryl methyl sites for hydroxylation is 2. The Hall–Kier alpha value is -1.23. The van der Waals surface area contributed by atoms with Crippen LogP contribution in [0.15, 0.2) is 16.1 Å². The van der Waals surface area contributed by atoms with Gasteiger partial charge in [0.25, 0.3) is 0 Å². The predicted molar refractivity (Wildman–Crippen MR) is 71.8 cm³/mol. The van der Waals surface area contributed by atoms with Crippen molar-refractivity contribution >= 4 is 17.6 Å². The zero-order chi connectivity index (χ0) is 13.0. The Bertz CT molecular complexity index is 432. The lowest BCUT2D eigenvalue weighted by Gasteiger charge is -2.14. The number of nitrogens with zero attached hydrogens (tertiary/aromatic N) is 2. The first kappa shape index (κ1) is 13.8. The molecule has 3 N–H and O–H groups in total. The molecule has 1 heterocycles. The van der Waals surface area contributed by atoms with Gasteiger partial charge in [0.15, 0.2) is 5.84 Å². The summed E-state index contributed by atoms with van der Waals surface area (Å²) in [6, 6.07) is 1.98. The Morgan fingerprint density at radius 2 is 2.24 bits per heavy atom. The van der Waals surface area contributed by atoms with E-state index in [0.717, 1.165) is 28.3 Å². The van der Waals surface area contributed by atoms with Gasteiger partial charge in [-0.3, -0.25) is 4.98 Å². The van der Waals surface area contributed by atoms with Crippen molar-refractivity contribution in [2.45, 2.75) is 44.3 Å². The van der Waals surface area contributed by atoms with Gasteiger partial charge in [0.2, 0.25) is 0 Å². The Balaban J connectivity index is 3.25. The largest absolute Gasteiger partial charge is 0.409 e. The third-order valence-electron chi connectivity index (χ3n) is 2.56. The van der Waals surface area contributed by atoms with Crippen molar-refractivity contribution in [3.05, 3.63) is 23.0 Å². The molecule has 0 aromatic carbocycles. The van der Waals surface area contributed by atoms with Crippen molar-refractivity contribution < 1.29 is 5.21 Å². The number of nitrogens with two attached hydrogens (primary N) is 1. The molecular formula is C12H19N3OS. The first-order chi connectivity index (χ1) is 7.99. The quantitative estimate of drug-likeness (QED) is 0.284. The van der Waals surface area contributed by atoms with E-state index < -0.39 is 0 Å². The van der Waals surface area contributed by atoms with Crippen molar-refractivity contribution in [3.8, 4) is 0 Å². The molecular weight excluding hydrogens is 234 g/mol. The van der Waals surface area contributed by atoms with Crippen molar-refractivity contribution in [2.75, 3.05) is 0 Å². The summed E-state index contributed by atoms with van der Waals surface area (Å²) in [5.41, 5.74) is 8.19. The molecule has 0 aliphatic rings. The number of thioether (sulfide) groups is 1. The van der Waals surface area contributed by atoms with Crippen LogP contribution in [0.25, 0.3) is 0 Å². The lowest BCUT2D eigenvalue weighted by Crippen LogP contribution is -2.17. The number of oxime groups is 1. The van der Waals surface area contributed by atoms with E-state index in [-0.39, 0.29) is 5.84 Å². The van der Waals surface area contributed by atoms with Crippen LogP contribution in [0.5, 0.6) is 0 Å². The molecule has 1 aromatic rings. The second-order valence-electron chi connectivity index (χ2n) is 4.04. The summed E-state index contributed by atoms with van der Waals surface area (Å²) < 4.78 is 0. The normalized spacial score (nSPS) is 13.8. The number of rotatable bonds is 4. The topological polar surface area (TPSA) is 71.5 Å². The fraction of sp³-hybridized carbons (Fsp3) is 0.500. The fourth-order valence-electron chi connectivity index (χ4n) is 1.55. The van der Waals surface area contributed by atoms with Crippen LogP contribution in [-0.2, 0) is 0 Å². The molecule has 5 heteroatoms. The van der Waals surface area contributed by atoms with Crippen LogP contribution in [0.3, 0.4) is 0 Å². The van der Waals surface area contributed by atoms with Crippen molar-refractivity contribution in [1.29, 1.82) is 0 Å².